The number of hydrogen-bond donors (Lipinski definition) is 0. The topological polar surface area (TPSA) is 3.24 Å². The summed E-state index contributed by atoms with van der Waals surface area (Å²) in [7, 11) is 0. The van der Waals surface area contributed by atoms with Crippen molar-refractivity contribution in [3.05, 3.63) is 306 Å². The van der Waals surface area contributed by atoms with Gasteiger partial charge in [-0.25, -0.2) is 0 Å². The maximum atomic E-state index is 2.61. The van der Waals surface area contributed by atoms with Gasteiger partial charge in [0, 0.05) is 27.9 Å². The van der Waals surface area contributed by atoms with Crippen molar-refractivity contribution in [1.82, 2.24) is 0 Å². The largest absolute Gasteiger partial charge is 0.309 e. The minimum Gasteiger partial charge on any atom is -0.309 e. The van der Waals surface area contributed by atoms with Crippen LogP contribution in [0.15, 0.2) is 273 Å². The van der Waals surface area contributed by atoms with Crippen molar-refractivity contribution in [2.75, 3.05) is 4.90 Å². The first-order valence-electron chi connectivity index (χ1n) is 25.6. The number of benzene rings is 12. The second-order valence-corrected chi connectivity index (χ2v) is 20.3. The van der Waals surface area contributed by atoms with Crippen molar-refractivity contribution in [2.45, 2.75) is 24.7 Å². The van der Waals surface area contributed by atoms with E-state index in [4.69, 9.17) is 0 Å². The van der Waals surface area contributed by atoms with Gasteiger partial charge in [0.15, 0.2) is 0 Å². The second kappa shape index (κ2) is 16.8. The molecule has 0 fully saturated rings. The highest BCUT2D eigenvalue weighted by atomic mass is 15.1. The van der Waals surface area contributed by atoms with Crippen LogP contribution in [0.4, 0.5) is 17.1 Å². The van der Waals surface area contributed by atoms with Crippen molar-refractivity contribution < 1.29 is 0 Å². The first kappa shape index (κ1) is 42.8. The number of anilines is 3. The van der Waals surface area contributed by atoms with Gasteiger partial charge in [0.1, 0.15) is 0 Å². The molecule has 0 amide bonds. The third-order valence-electron chi connectivity index (χ3n) is 16.1. The molecule has 0 radical (unpaired) electrons. The minimum atomic E-state index is -0.587. The van der Waals surface area contributed by atoms with Gasteiger partial charge in [-0.2, -0.15) is 0 Å². The minimum absolute atomic E-state index is 0.220. The van der Waals surface area contributed by atoms with E-state index in [1.807, 2.05) is 0 Å². The van der Waals surface area contributed by atoms with Gasteiger partial charge in [-0.05, 0) is 136 Å². The monoisotopic (exact) mass is 929 g/mol. The van der Waals surface area contributed by atoms with Crippen molar-refractivity contribution in [1.29, 1.82) is 0 Å². The molecule has 0 unspecified atom stereocenters. The van der Waals surface area contributed by atoms with Gasteiger partial charge < -0.3 is 4.90 Å². The Kier molecular flexibility index (Phi) is 9.85. The molecule has 1 nitrogen and oxygen atoms in total. The molecule has 0 saturated carbocycles. The molecule has 12 aromatic rings. The van der Waals surface area contributed by atoms with E-state index in [1.165, 1.54) is 93.9 Å². The third-order valence-corrected chi connectivity index (χ3v) is 16.1. The van der Waals surface area contributed by atoms with Crippen LogP contribution in [-0.4, -0.2) is 0 Å². The summed E-state index contributed by atoms with van der Waals surface area (Å²) < 4.78 is 0. The normalized spacial score (nSPS) is 13.6. The lowest BCUT2D eigenvalue weighted by Gasteiger charge is -2.36. The highest BCUT2D eigenvalue weighted by Gasteiger charge is 2.46. The molecule has 344 valence electrons. The Hall–Kier alpha value is -9.04. The SMILES string of the molecule is CC1(C)c2ccccc2-c2ccc(N(c3ccc4c(c3)C(c3ccccc3)(c3ccccc3)c3ccccc3-4)c3c(-c4ccccc4)cc(-c4cccc5ccccc45)cc3-c3cccc4ccccc34)cc21. The lowest BCUT2D eigenvalue weighted by atomic mass is 9.67. The first-order valence-corrected chi connectivity index (χ1v) is 25.6. The molecule has 0 saturated heterocycles. The Morgan fingerprint density at radius 2 is 0.712 bits per heavy atom. The number of nitrogens with zero attached hydrogens (tertiary/aromatic N) is 1. The van der Waals surface area contributed by atoms with Crippen LogP contribution < -0.4 is 4.90 Å². The van der Waals surface area contributed by atoms with Gasteiger partial charge >= 0.3 is 0 Å². The zero-order chi connectivity index (χ0) is 48.7. The molecule has 0 aliphatic heterocycles. The third kappa shape index (κ3) is 6.55. The second-order valence-electron chi connectivity index (χ2n) is 20.3. The summed E-state index contributed by atoms with van der Waals surface area (Å²) >= 11 is 0. The van der Waals surface area contributed by atoms with Crippen LogP contribution in [-0.2, 0) is 10.8 Å². The Morgan fingerprint density at radius 3 is 1.36 bits per heavy atom. The number of hydrogen-bond acceptors (Lipinski definition) is 1. The molecule has 1 heteroatoms. The molecule has 0 heterocycles. The molecule has 0 N–H and O–H groups in total. The predicted molar refractivity (Wildman–Crippen MR) is 307 cm³/mol. The van der Waals surface area contributed by atoms with E-state index in [-0.39, 0.29) is 5.41 Å². The Bertz CT molecular complexity index is 4060. The molecule has 0 bridgehead atoms. The summed E-state index contributed by atoms with van der Waals surface area (Å²) in [6.45, 7) is 4.78. The zero-order valence-electron chi connectivity index (χ0n) is 40.9. The van der Waals surface area contributed by atoms with Crippen LogP contribution in [0.5, 0.6) is 0 Å². The number of fused-ring (bicyclic) bond motifs is 8. The van der Waals surface area contributed by atoms with Crippen molar-refractivity contribution in [3.63, 3.8) is 0 Å². The molecule has 0 aromatic heterocycles. The van der Waals surface area contributed by atoms with Gasteiger partial charge in [0.2, 0.25) is 0 Å². The fraction of sp³-hybridized carbons (Fsp3) is 0.0556. The highest BCUT2D eigenvalue weighted by molar-refractivity contribution is 6.09. The van der Waals surface area contributed by atoms with Crippen LogP contribution in [0.3, 0.4) is 0 Å². The van der Waals surface area contributed by atoms with E-state index < -0.39 is 5.41 Å². The first-order chi connectivity index (χ1) is 36.0. The Morgan fingerprint density at radius 1 is 0.274 bits per heavy atom. The number of rotatable bonds is 8. The molecule has 73 heavy (non-hydrogen) atoms. The van der Waals surface area contributed by atoms with Crippen molar-refractivity contribution >= 4 is 38.6 Å². The molecule has 0 atom stereocenters. The summed E-state index contributed by atoms with van der Waals surface area (Å²) in [4.78, 5) is 2.61. The smallest absolute Gasteiger partial charge is 0.0714 e. The average molecular weight is 930 g/mol. The lowest BCUT2D eigenvalue weighted by molar-refractivity contribution is 0.660. The van der Waals surface area contributed by atoms with Gasteiger partial charge in [0.25, 0.3) is 0 Å². The van der Waals surface area contributed by atoms with Gasteiger partial charge in [0.05, 0.1) is 11.1 Å². The molecule has 12 aromatic carbocycles. The molecule has 2 aliphatic rings. The maximum Gasteiger partial charge on any atom is 0.0714 e. The molecule has 0 spiro atoms. The fourth-order valence-corrected chi connectivity index (χ4v) is 12.8. The average Bonchev–Trinajstić information content (AvgIpc) is 3.88. The summed E-state index contributed by atoms with van der Waals surface area (Å²) in [5, 5.41) is 4.87. The fourth-order valence-electron chi connectivity index (χ4n) is 12.8. The van der Waals surface area contributed by atoms with Crippen LogP contribution in [0.1, 0.15) is 47.2 Å². The van der Waals surface area contributed by atoms with Crippen molar-refractivity contribution in [2.24, 2.45) is 0 Å². The van der Waals surface area contributed by atoms with E-state index in [0.29, 0.717) is 0 Å². The lowest BCUT2D eigenvalue weighted by Crippen LogP contribution is -2.28. The van der Waals surface area contributed by atoms with E-state index in [1.54, 1.807) is 0 Å². The molecular weight excluding hydrogens is 879 g/mol. The van der Waals surface area contributed by atoms with Crippen LogP contribution in [0.25, 0.3) is 77.2 Å². The van der Waals surface area contributed by atoms with E-state index >= 15 is 0 Å². The molecule has 14 rings (SSSR count). The molecule has 2 aliphatic carbocycles. The quantitative estimate of drug-likeness (QED) is 0.147. The van der Waals surface area contributed by atoms with Crippen LogP contribution >= 0.6 is 0 Å². The van der Waals surface area contributed by atoms with E-state index in [0.717, 1.165) is 33.8 Å². The molecular formula is C72H51N. The van der Waals surface area contributed by atoms with Crippen LogP contribution in [0, 0.1) is 0 Å². The summed E-state index contributed by atoms with van der Waals surface area (Å²) in [5.41, 5.74) is 22.4. The summed E-state index contributed by atoms with van der Waals surface area (Å²) in [6.07, 6.45) is 0. The van der Waals surface area contributed by atoms with Gasteiger partial charge in [-0.15, -0.1) is 0 Å². The summed E-state index contributed by atoms with van der Waals surface area (Å²) in [5.74, 6) is 0. The Labute approximate surface area is 428 Å². The van der Waals surface area contributed by atoms with Crippen LogP contribution in [0.2, 0.25) is 0 Å². The summed E-state index contributed by atoms with van der Waals surface area (Å²) in [6, 6.07) is 102. The van der Waals surface area contributed by atoms with Gasteiger partial charge in [-0.1, -0.05) is 250 Å². The van der Waals surface area contributed by atoms with Crippen molar-refractivity contribution in [3.8, 4) is 55.6 Å². The standard InChI is InChI=1S/C72H51N/c1-71(2)66-38-18-16-34-60(66)62-42-40-54(46-68(62)71)73(55-41-43-63-61-35-17-19-39-67(61)72(69(63)47-55,52-28-8-4-9-29-52)53-30-10-5-11-31-53)70-64(50-22-6-3-7-23-50)44-51(58-36-20-26-48-24-12-14-32-56(48)58)45-65(70)59-37-21-27-49-25-13-15-33-57(49)59/h3-47H,1-2H3. The predicted octanol–water partition coefficient (Wildman–Crippen LogP) is 19.1. The van der Waals surface area contributed by atoms with E-state index in [2.05, 4.69) is 292 Å². The Balaban J connectivity index is 1.14. The highest BCUT2D eigenvalue weighted by Crippen LogP contribution is 2.59. The van der Waals surface area contributed by atoms with E-state index in [9.17, 15) is 0 Å². The zero-order valence-corrected chi connectivity index (χ0v) is 40.9. The maximum absolute atomic E-state index is 2.61. The van der Waals surface area contributed by atoms with Gasteiger partial charge in [-0.3, -0.25) is 0 Å².